The van der Waals surface area contributed by atoms with Crippen LogP contribution in [0.1, 0.15) is 59.6 Å². The number of aliphatic hydroxyl groups excluding tert-OH is 1. The van der Waals surface area contributed by atoms with Crippen molar-refractivity contribution in [2.24, 2.45) is 5.92 Å². The van der Waals surface area contributed by atoms with Crippen LogP contribution in [0.5, 0.6) is 0 Å². The van der Waals surface area contributed by atoms with Crippen molar-refractivity contribution in [3.05, 3.63) is 70.3 Å². The van der Waals surface area contributed by atoms with Gasteiger partial charge >= 0.3 is 0 Å². The first-order valence-electron chi connectivity index (χ1n) is 10.1. The topological polar surface area (TPSA) is 23.5 Å². The first-order chi connectivity index (χ1) is 12.5. The van der Waals surface area contributed by atoms with Crippen LogP contribution in [0.15, 0.2) is 42.5 Å². The first kappa shape index (κ1) is 17.8. The summed E-state index contributed by atoms with van der Waals surface area (Å²) in [5.74, 6) is 0.754. The molecule has 2 aromatic rings. The lowest BCUT2D eigenvalue weighted by Gasteiger charge is -2.34. The smallest absolute Gasteiger partial charge is 0.0950 e. The van der Waals surface area contributed by atoms with Crippen LogP contribution in [0, 0.1) is 26.7 Å². The number of likely N-dealkylation sites (tertiary alicyclic amines) is 1. The van der Waals surface area contributed by atoms with Crippen molar-refractivity contribution >= 4 is 0 Å². The maximum atomic E-state index is 11.4. The highest BCUT2D eigenvalue weighted by Crippen LogP contribution is 2.46. The van der Waals surface area contributed by atoms with Crippen LogP contribution in [0.4, 0.5) is 0 Å². The van der Waals surface area contributed by atoms with Crippen molar-refractivity contribution in [2.45, 2.75) is 71.2 Å². The van der Waals surface area contributed by atoms with E-state index in [0.29, 0.717) is 6.04 Å². The lowest BCUT2D eigenvalue weighted by molar-refractivity contribution is 0.0496. The average Bonchev–Trinajstić information content (AvgIpc) is 3.17. The molecule has 0 aromatic heterocycles. The van der Waals surface area contributed by atoms with Crippen molar-refractivity contribution in [3.63, 3.8) is 0 Å². The molecule has 1 saturated carbocycles. The van der Waals surface area contributed by atoms with Gasteiger partial charge in [0.1, 0.15) is 0 Å². The summed E-state index contributed by atoms with van der Waals surface area (Å²) < 4.78 is 0. The van der Waals surface area contributed by atoms with E-state index in [9.17, 15) is 5.11 Å². The molecule has 0 unspecified atom stereocenters. The summed E-state index contributed by atoms with van der Waals surface area (Å²) in [6.45, 7) is 7.39. The second-order valence-electron chi connectivity index (χ2n) is 8.48. The zero-order valence-electron chi connectivity index (χ0n) is 16.3. The molecule has 4 rings (SSSR count). The zero-order valence-corrected chi connectivity index (χ0v) is 16.3. The Morgan fingerprint density at radius 2 is 1.73 bits per heavy atom. The third-order valence-corrected chi connectivity index (χ3v) is 6.62. The molecule has 2 heteroatoms. The predicted octanol–water partition coefficient (Wildman–Crippen LogP) is 5.09. The molecule has 1 aliphatic carbocycles. The number of nitrogens with zero attached hydrogens (tertiary/aromatic N) is 1. The van der Waals surface area contributed by atoms with E-state index in [2.05, 4.69) is 68.1 Å². The lowest BCUT2D eigenvalue weighted by Crippen LogP contribution is -2.39. The van der Waals surface area contributed by atoms with E-state index in [1.807, 2.05) is 0 Å². The Morgan fingerprint density at radius 1 is 1.04 bits per heavy atom. The van der Waals surface area contributed by atoms with E-state index >= 15 is 0 Å². The van der Waals surface area contributed by atoms with Crippen molar-refractivity contribution in [2.75, 3.05) is 0 Å². The molecular formula is C24H31NO. The van der Waals surface area contributed by atoms with Crippen LogP contribution < -0.4 is 0 Å². The van der Waals surface area contributed by atoms with Crippen LogP contribution in [-0.2, 0) is 6.54 Å². The zero-order chi connectivity index (χ0) is 18.3. The van der Waals surface area contributed by atoms with Crippen molar-refractivity contribution in [1.29, 1.82) is 0 Å². The fraction of sp³-hybridized carbons (Fsp3) is 0.500. The van der Waals surface area contributed by atoms with Gasteiger partial charge in [0, 0.05) is 18.6 Å². The summed E-state index contributed by atoms with van der Waals surface area (Å²) >= 11 is 0. The Hall–Kier alpha value is -1.64. The number of hydrogen-bond acceptors (Lipinski definition) is 2. The van der Waals surface area contributed by atoms with Gasteiger partial charge in [-0.15, -0.1) is 0 Å². The van der Waals surface area contributed by atoms with Crippen LogP contribution in [0.3, 0.4) is 0 Å². The van der Waals surface area contributed by atoms with Crippen LogP contribution in [-0.4, -0.2) is 22.1 Å². The monoisotopic (exact) mass is 349 g/mol. The maximum absolute atomic E-state index is 11.4. The van der Waals surface area contributed by atoms with Crippen LogP contribution in [0.2, 0.25) is 0 Å². The predicted molar refractivity (Wildman–Crippen MR) is 107 cm³/mol. The highest BCUT2D eigenvalue weighted by Gasteiger charge is 2.46. The summed E-state index contributed by atoms with van der Waals surface area (Å²) in [6, 6.07) is 16.0. The minimum Gasteiger partial charge on any atom is -0.387 e. The summed E-state index contributed by atoms with van der Waals surface area (Å²) in [7, 11) is 0. The molecule has 1 saturated heterocycles. The largest absolute Gasteiger partial charge is 0.387 e. The molecule has 1 heterocycles. The summed E-state index contributed by atoms with van der Waals surface area (Å²) in [5, 5.41) is 11.4. The second-order valence-corrected chi connectivity index (χ2v) is 8.48. The Morgan fingerprint density at radius 3 is 2.42 bits per heavy atom. The number of rotatable bonds is 4. The Kier molecular flexibility index (Phi) is 4.90. The van der Waals surface area contributed by atoms with Crippen molar-refractivity contribution in [3.8, 4) is 0 Å². The van der Waals surface area contributed by atoms with E-state index in [1.165, 1.54) is 41.5 Å². The van der Waals surface area contributed by atoms with Crippen LogP contribution >= 0.6 is 0 Å². The van der Waals surface area contributed by atoms with Gasteiger partial charge in [0.15, 0.2) is 0 Å². The van der Waals surface area contributed by atoms with Gasteiger partial charge in [-0.25, -0.2) is 0 Å². The van der Waals surface area contributed by atoms with Crippen molar-refractivity contribution < 1.29 is 5.11 Å². The molecule has 0 radical (unpaired) electrons. The highest BCUT2D eigenvalue weighted by molar-refractivity contribution is 5.40. The molecule has 2 fully saturated rings. The maximum Gasteiger partial charge on any atom is 0.0950 e. The number of aryl methyl sites for hydroxylation is 3. The molecule has 2 nitrogen and oxygen atoms in total. The molecule has 0 amide bonds. The molecule has 2 aromatic carbocycles. The van der Waals surface area contributed by atoms with E-state index in [1.54, 1.807) is 0 Å². The molecule has 4 atom stereocenters. The number of hydrogen-bond donors (Lipinski definition) is 1. The van der Waals surface area contributed by atoms with Gasteiger partial charge in [-0.1, -0.05) is 54.4 Å². The fourth-order valence-corrected chi connectivity index (χ4v) is 5.61. The Bertz CT molecular complexity index is 746. The molecule has 1 N–H and O–H groups in total. The van der Waals surface area contributed by atoms with Crippen molar-refractivity contribution in [1.82, 2.24) is 4.90 Å². The third-order valence-electron chi connectivity index (χ3n) is 6.62. The molecule has 0 bridgehead atoms. The van der Waals surface area contributed by atoms with Gasteiger partial charge in [-0.3, -0.25) is 4.90 Å². The van der Waals surface area contributed by atoms with Crippen LogP contribution in [0.25, 0.3) is 0 Å². The van der Waals surface area contributed by atoms with Gasteiger partial charge in [-0.05, 0) is 68.2 Å². The molecule has 1 aliphatic heterocycles. The number of fused-ring (bicyclic) bond motifs is 1. The first-order valence-corrected chi connectivity index (χ1v) is 10.1. The van der Waals surface area contributed by atoms with E-state index < -0.39 is 6.10 Å². The van der Waals surface area contributed by atoms with Gasteiger partial charge in [0.2, 0.25) is 0 Å². The third kappa shape index (κ3) is 3.21. The summed E-state index contributed by atoms with van der Waals surface area (Å²) in [4.78, 5) is 2.62. The Balaban J connectivity index is 1.65. The summed E-state index contributed by atoms with van der Waals surface area (Å²) in [6.07, 6.45) is 4.68. The molecule has 0 spiro atoms. The quantitative estimate of drug-likeness (QED) is 0.831. The standard InChI is InChI=1S/C24H31NO/c1-16-12-17(2)23(18(3)13-16)24(26)22-14-20-10-7-11-21(20)25(22)15-19-8-5-4-6-9-19/h4-6,8-9,12-13,20-22,24,26H,7,10-11,14-15H2,1-3H3/t20-,21-,22-,24-/m1/s1. The fourth-order valence-electron chi connectivity index (χ4n) is 5.61. The molecular weight excluding hydrogens is 318 g/mol. The van der Waals surface area contributed by atoms with Gasteiger partial charge in [0.05, 0.1) is 6.10 Å². The normalized spacial score (nSPS) is 26.8. The molecule has 138 valence electrons. The number of benzene rings is 2. The van der Waals surface area contributed by atoms with Gasteiger partial charge < -0.3 is 5.11 Å². The second kappa shape index (κ2) is 7.17. The van der Waals surface area contributed by atoms with E-state index in [0.717, 1.165) is 24.4 Å². The average molecular weight is 350 g/mol. The van der Waals surface area contributed by atoms with E-state index in [4.69, 9.17) is 0 Å². The highest BCUT2D eigenvalue weighted by atomic mass is 16.3. The SMILES string of the molecule is Cc1cc(C)c([C@H](O)[C@H]2C[C@H]3CCC[C@H]3N2Cc2ccccc2)c(C)c1. The molecule has 2 aliphatic rings. The summed E-state index contributed by atoms with van der Waals surface area (Å²) in [5.41, 5.74) is 6.24. The lowest BCUT2D eigenvalue weighted by atomic mass is 9.89. The minimum atomic E-state index is -0.398. The Labute approximate surface area is 157 Å². The molecule has 26 heavy (non-hydrogen) atoms. The number of aliphatic hydroxyl groups is 1. The van der Waals surface area contributed by atoms with Gasteiger partial charge in [0.25, 0.3) is 0 Å². The van der Waals surface area contributed by atoms with Gasteiger partial charge in [-0.2, -0.15) is 0 Å². The minimum absolute atomic E-state index is 0.227. The van der Waals surface area contributed by atoms with E-state index in [-0.39, 0.29) is 6.04 Å².